The van der Waals surface area contributed by atoms with Crippen molar-refractivity contribution in [2.24, 2.45) is 0 Å². The van der Waals surface area contributed by atoms with Gasteiger partial charge in [0.25, 0.3) is 5.89 Å². The summed E-state index contributed by atoms with van der Waals surface area (Å²) < 4.78 is 55.6. The summed E-state index contributed by atoms with van der Waals surface area (Å²) >= 11 is 12.2. The Morgan fingerprint density at radius 3 is 2.63 bits per heavy atom. The Labute approximate surface area is 223 Å². The Hall–Kier alpha value is -3.96. The van der Waals surface area contributed by atoms with Gasteiger partial charge in [0, 0.05) is 33.7 Å². The van der Waals surface area contributed by atoms with Crippen molar-refractivity contribution in [2.75, 3.05) is 6.61 Å². The minimum absolute atomic E-state index is 0.00625. The summed E-state index contributed by atoms with van der Waals surface area (Å²) in [6, 6.07) is 10.3. The molecule has 0 aliphatic heterocycles. The number of ketones is 1. The summed E-state index contributed by atoms with van der Waals surface area (Å²) in [5.41, 5.74) is -1.12. The number of fused-ring (bicyclic) bond motifs is 1. The number of aromatic nitrogens is 5. The normalized spacial score (nSPS) is 11.7. The molecular weight excluding hydrogens is 546 g/mol. The van der Waals surface area contributed by atoms with Gasteiger partial charge in [-0.1, -0.05) is 34.4 Å². The monoisotopic (exact) mass is 561 g/mol. The largest absolute Gasteiger partial charge is 0.494 e. The van der Waals surface area contributed by atoms with E-state index < -0.39 is 29.0 Å². The highest BCUT2D eigenvalue weighted by molar-refractivity contribution is 6.35. The van der Waals surface area contributed by atoms with Crippen molar-refractivity contribution in [1.82, 2.24) is 24.7 Å². The average Bonchev–Trinajstić information content (AvgIpc) is 3.49. The number of alkyl halides is 3. The Balaban J connectivity index is 1.73. The van der Waals surface area contributed by atoms with Crippen LogP contribution >= 0.6 is 23.2 Å². The lowest BCUT2D eigenvalue weighted by Gasteiger charge is -2.15. The predicted molar refractivity (Wildman–Crippen MR) is 132 cm³/mol. The molecule has 3 heterocycles. The van der Waals surface area contributed by atoms with Crippen LogP contribution in [0, 0.1) is 0 Å². The fourth-order valence-electron chi connectivity index (χ4n) is 4.05. The molecule has 13 heteroatoms. The van der Waals surface area contributed by atoms with Gasteiger partial charge in [0.1, 0.15) is 23.5 Å². The van der Waals surface area contributed by atoms with Gasteiger partial charge in [-0.3, -0.25) is 4.79 Å². The maximum Gasteiger partial charge on any atom is 0.432 e. The van der Waals surface area contributed by atoms with Gasteiger partial charge in [0.05, 0.1) is 12.2 Å². The predicted octanol–water partition coefficient (Wildman–Crippen LogP) is 6.48. The molecule has 5 rings (SSSR count). The number of ether oxygens (including phenoxy) is 1. The Morgan fingerprint density at radius 2 is 1.95 bits per heavy atom. The molecule has 0 radical (unpaired) electrons. The van der Waals surface area contributed by atoms with E-state index in [0.29, 0.717) is 16.3 Å². The molecule has 0 bridgehead atoms. The van der Waals surface area contributed by atoms with E-state index in [4.69, 9.17) is 32.5 Å². The van der Waals surface area contributed by atoms with Gasteiger partial charge in [0.2, 0.25) is 11.6 Å². The lowest BCUT2D eigenvalue weighted by Crippen LogP contribution is -2.19. The smallest absolute Gasteiger partial charge is 0.432 e. The van der Waals surface area contributed by atoms with E-state index in [9.17, 15) is 18.0 Å². The molecule has 0 aliphatic rings. The first-order valence-corrected chi connectivity index (χ1v) is 11.9. The lowest BCUT2D eigenvalue weighted by atomic mass is 10.1. The third-order valence-corrected chi connectivity index (χ3v) is 6.20. The zero-order chi connectivity index (χ0) is 27.0. The van der Waals surface area contributed by atoms with Crippen LogP contribution in [0.15, 0.2) is 59.5 Å². The number of carbonyl (C=O) groups excluding carboxylic acids is 1. The highest BCUT2D eigenvalue weighted by atomic mass is 35.5. The van der Waals surface area contributed by atoms with Gasteiger partial charge < -0.3 is 13.8 Å². The summed E-state index contributed by atoms with van der Waals surface area (Å²) in [4.78, 5) is 25.3. The molecule has 0 unspecified atom stereocenters. The molecule has 0 aliphatic carbocycles. The maximum absolute atomic E-state index is 14.7. The van der Waals surface area contributed by atoms with Crippen LogP contribution < -0.4 is 4.74 Å². The summed E-state index contributed by atoms with van der Waals surface area (Å²) in [7, 11) is 0. The Kier molecular flexibility index (Phi) is 6.80. The maximum atomic E-state index is 14.7. The van der Waals surface area contributed by atoms with Gasteiger partial charge >= 0.3 is 6.18 Å². The Morgan fingerprint density at radius 1 is 1.13 bits per heavy atom. The Bertz CT molecular complexity index is 1650. The molecule has 0 atom stereocenters. The first-order chi connectivity index (χ1) is 18.2. The van der Waals surface area contributed by atoms with Crippen LogP contribution in [0.3, 0.4) is 0 Å². The molecule has 0 N–H and O–H groups in total. The molecule has 8 nitrogen and oxygen atoms in total. The highest BCUT2D eigenvalue weighted by Gasteiger charge is 2.42. The van der Waals surface area contributed by atoms with E-state index in [1.165, 1.54) is 55.0 Å². The van der Waals surface area contributed by atoms with Crippen molar-refractivity contribution in [3.05, 3.63) is 87.7 Å². The third-order valence-electron chi connectivity index (χ3n) is 5.62. The molecule has 0 fully saturated rings. The summed E-state index contributed by atoms with van der Waals surface area (Å²) in [6.45, 7) is 1.72. The number of hydrogen-bond acceptors (Lipinski definition) is 7. The quantitative estimate of drug-likeness (QED) is 0.210. The summed E-state index contributed by atoms with van der Waals surface area (Å²) in [6.07, 6.45) is -2.29. The lowest BCUT2D eigenvalue weighted by molar-refractivity contribution is -0.143. The summed E-state index contributed by atoms with van der Waals surface area (Å²) in [5.74, 6) is -1.49. The molecular formula is C25H16Cl2F3N5O3. The molecule has 0 amide bonds. The first-order valence-electron chi connectivity index (χ1n) is 11.1. The van der Waals surface area contributed by atoms with Crippen LogP contribution in [0.25, 0.3) is 22.5 Å². The minimum Gasteiger partial charge on any atom is -0.494 e. The van der Waals surface area contributed by atoms with Gasteiger partial charge in [0.15, 0.2) is 0 Å². The standard InChI is InChI=1S/C25H16Cl2F3N5O3/c1-2-37-15-5-6-19-16(10-15)20(21(36)23-33-24(38-34-23)18-7-8-31-12-32-18)22(25(28,29)30)35(19)11-13-3-4-14(26)9-17(13)27/h3-10,12H,2,11H2,1H3. The van der Waals surface area contributed by atoms with E-state index in [-0.39, 0.29) is 40.7 Å². The van der Waals surface area contributed by atoms with Crippen LogP contribution in [-0.2, 0) is 12.7 Å². The van der Waals surface area contributed by atoms with Crippen LogP contribution in [0.2, 0.25) is 10.0 Å². The van der Waals surface area contributed by atoms with Crippen LogP contribution in [0.1, 0.15) is 34.4 Å². The van der Waals surface area contributed by atoms with Crippen molar-refractivity contribution in [1.29, 1.82) is 0 Å². The van der Waals surface area contributed by atoms with Gasteiger partial charge in [-0.2, -0.15) is 18.2 Å². The second-order valence-corrected chi connectivity index (χ2v) is 8.85. The third kappa shape index (κ3) is 4.82. The molecule has 0 saturated carbocycles. The fourth-order valence-corrected chi connectivity index (χ4v) is 4.52. The van der Waals surface area contributed by atoms with Crippen LogP contribution in [-0.4, -0.2) is 37.1 Å². The molecule has 194 valence electrons. The van der Waals surface area contributed by atoms with Gasteiger partial charge in [-0.25, -0.2) is 9.97 Å². The molecule has 0 spiro atoms. The highest BCUT2D eigenvalue weighted by Crippen LogP contribution is 2.41. The minimum atomic E-state index is -4.94. The number of nitrogens with zero attached hydrogens (tertiary/aromatic N) is 5. The van der Waals surface area contributed by atoms with Crippen LogP contribution in [0.4, 0.5) is 13.2 Å². The van der Waals surface area contributed by atoms with Crippen molar-refractivity contribution >= 4 is 39.9 Å². The number of hydrogen-bond donors (Lipinski definition) is 0. The molecule has 0 saturated heterocycles. The average molecular weight is 562 g/mol. The molecule has 2 aromatic carbocycles. The van der Waals surface area contributed by atoms with E-state index >= 15 is 0 Å². The van der Waals surface area contributed by atoms with Crippen molar-refractivity contribution in [3.8, 4) is 17.3 Å². The number of benzene rings is 2. The van der Waals surface area contributed by atoms with E-state index in [1.807, 2.05) is 0 Å². The summed E-state index contributed by atoms with van der Waals surface area (Å²) in [5, 5.41) is 4.16. The number of halogens is 5. The van der Waals surface area contributed by atoms with Crippen molar-refractivity contribution in [3.63, 3.8) is 0 Å². The number of carbonyl (C=O) groups is 1. The number of rotatable bonds is 7. The molecule has 38 heavy (non-hydrogen) atoms. The van der Waals surface area contributed by atoms with Gasteiger partial charge in [-0.15, -0.1) is 0 Å². The fraction of sp³-hybridized carbons (Fsp3) is 0.160. The van der Waals surface area contributed by atoms with Crippen molar-refractivity contribution < 1.29 is 27.2 Å². The SMILES string of the molecule is CCOc1ccc2c(c1)c(C(=O)c1noc(-c3ccncn3)n1)c(C(F)(F)F)n2Cc1ccc(Cl)cc1Cl. The van der Waals surface area contributed by atoms with E-state index in [2.05, 4.69) is 20.1 Å². The van der Waals surface area contributed by atoms with E-state index in [1.54, 1.807) is 6.92 Å². The molecule has 5 aromatic rings. The van der Waals surface area contributed by atoms with Crippen LogP contribution in [0.5, 0.6) is 5.75 Å². The van der Waals surface area contributed by atoms with Gasteiger partial charge in [-0.05, 0) is 48.9 Å². The van der Waals surface area contributed by atoms with Crippen molar-refractivity contribution in [2.45, 2.75) is 19.6 Å². The molecule has 3 aromatic heterocycles. The zero-order valence-electron chi connectivity index (χ0n) is 19.5. The second-order valence-electron chi connectivity index (χ2n) is 8.00. The topological polar surface area (TPSA) is 95.9 Å². The first kappa shape index (κ1) is 25.7. The van der Waals surface area contributed by atoms with E-state index in [0.717, 1.165) is 4.57 Å². The zero-order valence-corrected chi connectivity index (χ0v) is 21.0. The second kappa shape index (κ2) is 10.1.